The lowest BCUT2D eigenvalue weighted by Gasteiger charge is -2.31. The predicted octanol–water partition coefficient (Wildman–Crippen LogP) is 1.95. The van der Waals surface area contributed by atoms with Crippen LogP contribution in [0.1, 0.15) is 34.1 Å². The Balaban J connectivity index is 2.04. The number of rotatable bonds is 0. The summed E-state index contributed by atoms with van der Waals surface area (Å²) in [6, 6.07) is 0.610. The van der Waals surface area contributed by atoms with Crippen LogP contribution in [0.2, 0.25) is 0 Å². The van der Waals surface area contributed by atoms with Gasteiger partial charge in [-0.1, -0.05) is 0 Å². The van der Waals surface area contributed by atoms with Gasteiger partial charge in [0.2, 0.25) is 0 Å². The minimum absolute atomic E-state index is 0.327. The first-order chi connectivity index (χ1) is 5.97. The highest BCUT2D eigenvalue weighted by Gasteiger charge is 2.40. The van der Waals surface area contributed by atoms with Crippen molar-refractivity contribution in [3.63, 3.8) is 0 Å². The SMILES string of the molecule is CC1=N[C@@H]2CN(C(C)(C)C)C[C@H]2C1. The number of nitrogens with zero attached hydrogens (tertiary/aromatic N) is 2. The van der Waals surface area contributed by atoms with E-state index in [1.807, 2.05) is 0 Å². The van der Waals surface area contributed by atoms with Crippen LogP contribution < -0.4 is 0 Å². The van der Waals surface area contributed by atoms with Crippen LogP contribution in [-0.4, -0.2) is 35.3 Å². The first-order valence-electron chi connectivity index (χ1n) is 5.25. The van der Waals surface area contributed by atoms with E-state index < -0.39 is 0 Å². The molecule has 0 aromatic carbocycles. The van der Waals surface area contributed by atoms with Gasteiger partial charge in [-0.3, -0.25) is 9.89 Å². The third-order valence-electron chi connectivity index (χ3n) is 3.30. The summed E-state index contributed by atoms with van der Waals surface area (Å²) < 4.78 is 0. The molecule has 0 radical (unpaired) electrons. The molecule has 2 nitrogen and oxygen atoms in total. The first-order valence-corrected chi connectivity index (χ1v) is 5.25. The molecule has 0 spiro atoms. The molecular weight excluding hydrogens is 160 g/mol. The van der Waals surface area contributed by atoms with E-state index in [1.165, 1.54) is 25.2 Å². The van der Waals surface area contributed by atoms with E-state index in [0.29, 0.717) is 11.6 Å². The summed E-state index contributed by atoms with van der Waals surface area (Å²) in [6.07, 6.45) is 1.23. The second kappa shape index (κ2) is 2.81. The van der Waals surface area contributed by atoms with Crippen molar-refractivity contribution in [2.45, 2.75) is 45.7 Å². The van der Waals surface area contributed by atoms with E-state index in [2.05, 4.69) is 37.6 Å². The lowest BCUT2D eigenvalue weighted by atomic mass is 10.0. The molecule has 0 bridgehead atoms. The highest BCUT2D eigenvalue weighted by molar-refractivity contribution is 5.84. The second-order valence-corrected chi connectivity index (χ2v) is 5.47. The quantitative estimate of drug-likeness (QED) is 0.556. The third kappa shape index (κ3) is 1.64. The Morgan fingerprint density at radius 1 is 1.31 bits per heavy atom. The maximum Gasteiger partial charge on any atom is 0.0669 e. The molecule has 74 valence electrons. The molecule has 1 fully saturated rings. The average Bonchev–Trinajstić information content (AvgIpc) is 2.40. The van der Waals surface area contributed by atoms with Crippen molar-refractivity contribution in [1.29, 1.82) is 0 Å². The van der Waals surface area contributed by atoms with Gasteiger partial charge in [0.15, 0.2) is 0 Å². The average molecular weight is 180 g/mol. The zero-order chi connectivity index (χ0) is 9.64. The fourth-order valence-electron chi connectivity index (χ4n) is 2.46. The van der Waals surface area contributed by atoms with Gasteiger partial charge in [0.1, 0.15) is 0 Å². The molecule has 0 saturated carbocycles. The van der Waals surface area contributed by atoms with E-state index in [0.717, 1.165) is 5.92 Å². The molecule has 0 unspecified atom stereocenters. The van der Waals surface area contributed by atoms with E-state index in [4.69, 9.17) is 0 Å². The van der Waals surface area contributed by atoms with Gasteiger partial charge in [0, 0.05) is 30.3 Å². The Morgan fingerprint density at radius 2 is 2.00 bits per heavy atom. The van der Waals surface area contributed by atoms with Gasteiger partial charge in [0.25, 0.3) is 0 Å². The summed E-state index contributed by atoms with van der Waals surface area (Å²) in [4.78, 5) is 7.26. The molecule has 1 saturated heterocycles. The van der Waals surface area contributed by atoms with Crippen molar-refractivity contribution in [2.75, 3.05) is 13.1 Å². The summed E-state index contributed by atoms with van der Waals surface area (Å²) >= 11 is 0. The van der Waals surface area contributed by atoms with Crippen LogP contribution in [-0.2, 0) is 0 Å². The van der Waals surface area contributed by atoms with Crippen LogP contribution in [0.3, 0.4) is 0 Å². The number of fused-ring (bicyclic) bond motifs is 1. The molecule has 2 atom stereocenters. The molecule has 2 aliphatic rings. The van der Waals surface area contributed by atoms with Crippen molar-refractivity contribution < 1.29 is 0 Å². The van der Waals surface area contributed by atoms with Crippen molar-refractivity contribution in [3.05, 3.63) is 0 Å². The second-order valence-electron chi connectivity index (χ2n) is 5.47. The molecule has 2 heteroatoms. The van der Waals surface area contributed by atoms with Gasteiger partial charge < -0.3 is 0 Å². The summed E-state index contributed by atoms with van der Waals surface area (Å²) in [6.45, 7) is 11.5. The standard InChI is InChI=1S/C11H20N2/c1-8-5-9-6-13(11(2,3)4)7-10(9)12-8/h9-10H,5-7H2,1-4H3/t9-,10-/m1/s1. The van der Waals surface area contributed by atoms with Crippen molar-refractivity contribution in [1.82, 2.24) is 4.90 Å². The van der Waals surface area contributed by atoms with Gasteiger partial charge in [-0.05, 0) is 34.1 Å². The molecule has 2 aliphatic heterocycles. The summed E-state index contributed by atoms with van der Waals surface area (Å²) in [5, 5.41) is 0. The number of aliphatic imine (C=N–C) groups is 1. The van der Waals surface area contributed by atoms with Gasteiger partial charge in [0.05, 0.1) is 6.04 Å². The third-order valence-corrected chi connectivity index (χ3v) is 3.30. The molecule has 0 amide bonds. The van der Waals surface area contributed by atoms with Gasteiger partial charge in [-0.25, -0.2) is 0 Å². The van der Waals surface area contributed by atoms with Crippen LogP contribution in [0.25, 0.3) is 0 Å². The van der Waals surface area contributed by atoms with E-state index in [-0.39, 0.29) is 0 Å². The zero-order valence-corrected chi connectivity index (χ0v) is 9.17. The van der Waals surface area contributed by atoms with Gasteiger partial charge in [-0.2, -0.15) is 0 Å². The van der Waals surface area contributed by atoms with Crippen molar-refractivity contribution in [3.8, 4) is 0 Å². The summed E-state index contributed by atoms with van der Waals surface area (Å²) in [5.41, 5.74) is 1.69. The minimum atomic E-state index is 0.327. The van der Waals surface area contributed by atoms with Crippen LogP contribution in [0.15, 0.2) is 4.99 Å². The summed E-state index contributed by atoms with van der Waals surface area (Å²) in [5.74, 6) is 0.819. The van der Waals surface area contributed by atoms with Gasteiger partial charge in [-0.15, -0.1) is 0 Å². The van der Waals surface area contributed by atoms with Gasteiger partial charge >= 0.3 is 0 Å². The Bertz CT molecular complexity index is 237. The smallest absolute Gasteiger partial charge is 0.0669 e. The van der Waals surface area contributed by atoms with E-state index in [1.54, 1.807) is 0 Å². The molecular formula is C11H20N2. The maximum atomic E-state index is 4.69. The molecule has 0 aromatic heterocycles. The topological polar surface area (TPSA) is 15.6 Å². The number of hydrogen-bond donors (Lipinski definition) is 0. The van der Waals surface area contributed by atoms with E-state index >= 15 is 0 Å². The highest BCUT2D eigenvalue weighted by atomic mass is 15.2. The molecule has 13 heavy (non-hydrogen) atoms. The number of likely N-dealkylation sites (tertiary alicyclic amines) is 1. The monoisotopic (exact) mass is 180 g/mol. The van der Waals surface area contributed by atoms with Crippen LogP contribution in [0.5, 0.6) is 0 Å². The molecule has 2 heterocycles. The van der Waals surface area contributed by atoms with E-state index in [9.17, 15) is 0 Å². The Labute approximate surface area is 81.0 Å². The Morgan fingerprint density at radius 3 is 2.54 bits per heavy atom. The highest BCUT2D eigenvalue weighted by Crippen LogP contribution is 2.32. The largest absolute Gasteiger partial charge is 0.296 e. The fraction of sp³-hybridized carbons (Fsp3) is 0.909. The lowest BCUT2D eigenvalue weighted by Crippen LogP contribution is -2.40. The summed E-state index contributed by atoms with van der Waals surface area (Å²) in [7, 11) is 0. The van der Waals surface area contributed by atoms with Crippen LogP contribution >= 0.6 is 0 Å². The first kappa shape index (κ1) is 9.20. The Hall–Kier alpha value is -0.370. The molecule has 0 aliphatic carbocycles. The molecule has 2 rings (SSSR count). The number of hydrogen-bond acceptors (Lipinski definition) is 2. The predicted molar refractivity (Wildman–Crippen MR) is 56.3 cm³/mol. The normalized spacial score (nSPS) is 34.9. The van der Waals surface area contributed by atoms with Crippen LogP contribution in [0.4, 0.5) is 0 Å². The van der Waals surface area contributed by atoms with Crippen molar-refractivity contribution >= 4 is 5.71 Å². The lowest BCUT2D eigenvalue weighted by molar-refractivity contribution is 0.167. The molecule has 0 N–H and O–H groups in total. The zero-order valence-electron chi connectivity index (χ0n) is 9.17. The van der Waals surface area contributed by atoms with Crippen LogP contribution in [0, 0.1) is 5.92 Å². The minimum Gasteiger partial charge on any atom is -0.296 e. The Kier molecular flexibility index (Phi) is 1.99. The maximum absolute atomic E-state index is 4.69. The molecule has 0 aromatic rings. The fourth-order valence-corrected chi connectivity index (χ4v) is 2.46. The van der Waals surface area contributed by atoms with Crippen molar-refractivity contribution in [2.24, 2.45) is 10.9 Å².